The van der Waals surface area contributed by atoms with Crippen molar-refractivity contribution < 1.29 is 23.8 Å². The van der Waals surface area contributed by atoms with Crippen molar-refractivity contribution in [2.75, 3.05) is 19.0 Å². The summed E-state index contributed by atoms with van der Waals surface area (Å²) in [5.74, 6) is -2.24. The molecule has 6 rings (SSSR count). The zero-order valence-corrected chi connectivity index (χ0v) is 24.2. The van der Waals surface area contributed by atoms with E-state index in [1.54, 1.807) is 42.5 Å². The van der Waals surface area contributed by atoms with Crippen molar-refractivity contribution in [3.8, 4) is 0 Å². The molecule has 1 amide bonds. The van der Waals surface area contributed by atoms with Crippen LogP contribution < -0.4 is 10.6 Å². The molecule has 1 unspecified atom stereocenters. The van der Waals surface area contributed by atoms with Crippen LogP contribution in [0.5, 0.6) is 0 Å². The predicted octanol–water partition coefficient (Wildman–Crippen LogP) is 5.51. The predicted molar refractivity (Wildman–Crippen MR) is 158 cm³/mol. The number of carbonyl (C=O) groups excluding carboxylic acids is 1. The van der Waals surface area contributed by atoms with Crippen LogP contribution >= 0.6 is 23.2 Å². The van der Waals surface area contributed by atoms with Crippen LogP contribution in [0.3, 0.4) is 0 Å². The summed E-state index contributed by atoms with van der Waals surface area (Å²) in [6.45, 7) is 0.664. The first-order valence-corrected chi connectivity index (χ1v) is 14.5. The van der Waals surface area contributed by atoms with Gasteiger partial charge >= 0.3 is 5.97 Å². The number of likely N-dealkylation sites (tertiary alicyclic amines) is 1. The van der Waals surface area contributed by atoms with Crippen LogP contribution in [-0.4, -0.2) is 59.4 Å². The largest absolute Gasteiger partial charge is 0.494 e. The van der Waals surface area contributed by atoms with Crippen molar-refractivity contribution in [1.82, 2.24) is 10.2 Å². The summed E-state index contributed by atoms with van der Waals surface area (Å²) < 4.78 is 21.0. The number of amides is 1. The molecular formula is C31H29Cl2FN4O4. The highest BCUT2D eigenvalue weighted by Crippen LogP contribution is 2.48. The number of hydrogen-bond donors (Lipinski definition) is 4. The van der Waals surface area contributed by atoms with E-state index >= 15 is 4.39 Å². The van der Waals surface area contributed by atoms with Crippen LogP contribution in [-0.2, 0) is 14.3 Å². The Bertz CT molecular complexity index is 1580. The Morgan fingerprint density at radius 3 is 2.64 bits per heavy atom. The van der Waals surface area contributed by atoms with Gasteiger partial charge < -0.3 is 20.5 Å². The number of methoxy groups -OCH3 is 1. The summed E-state index contributed by atoms with van der Waals surface area (Å²) in [4.78, 5) is 27.9. The van der Waals surface area contributed by atoms with E-state index in [4.69, 9.17) is 33.3 Å². The van der Waals surface area contributed by atoms with Gasteiger partial charge in [-0.05, 0) is 60.7 Å². The maximum Gasteiger partial charge on any atom is 0.339 e. The van der Waals surface area contributed by atoms with Gasteiger partial charge in [0.05, 0.1) is 24.2 Å². The van der Waals surface area contributed by atoms with Crippen LogP contribution in [0.1, 0.15) is 30.7 Å². The Labute approximate surface area is 252 Å². The average molecular weight is 612 g/mol. The number of ether oxygens (including phenoxy) is 1. The molecule has 2 saturated heterocycles. The molecule has 0 radical (unpaired) electrons. The minimum atomic E-state index is -1.19. The lowest BCUT2D eigenvalue weighted by Crippen LogP contribution is -2.46. The molecule has 0 bridgehead atoms. The summed E-state index contributed by atoms with van der Waals surface area (Å²) in [5.41, 5.74) is 1.95. The maximum atomic E-state index is 15.7. The number of rotatable bonds is 7. The molecule has 218 valence electrons. The van der Waals surface area contributed by atoms with Gasteiger partial charge in [0.1, 0.15) is 17.1 Å². The normalized spacial score (nSPS) is 27.2. The molecule has 2 aliphatic heterocycles. The lowest BCUT2D eigenvalue weighted by Gasteiger charge is -2.31. The van der Waals surface area contributed by atoms with Gasteiger partial charge in [-0.1, -0.05) is 41.4 Å². The number of fused-ring (bicyclic) bond motifs is 1. The Morgan fingerprint density at radius 1 is 1.19 bits per heavy atom. The van der Waals surface area contributed by atoms with E-state index in [9.17, 15) is 14.7 Å². The minimum Gasteiger partial charge on any atom is -0.494 e. The first-order valence-electron chi connectivity index (χ1n) is 13.7. The number of carboxylic acids is 1. The molecule has 0 aromatic heterocycles. The van der Waals surface area contributed by atoms with E-state index < -0.39 is 23.7 Å². The zero-order valence-electron chi connectivity index (χ0n) is 22.7. The zero-order chi connectivity index (χ0) is 29.7. The van der Waals surface area contributed by atoms with Gasteiger partial charge in [-0.15, -0.1) is 0 Å². The highest BCUT2D eigenvalue weighted by molar-refractivity contribution is 6.31. The van der Waals surface area contributed by atoms with Gasteiger partial charge in [0.15, 0.2) is 5.76 Å². The van der Waals surface area contributed by atoms with Gasteiger partial charge in [-0.2, -0.15) is 0 Å². The lowest BCUT2D eigenvalue weighted by atomic mass is 9.86. The van der Waals surface area contributed by atoms with Gasteiger partial charge in [0.2, 0.25) is 5.91 Å². The summed E-state index contributed by atoms with van der Waals surface area (Å²) >= 11 is 12.4. The second-order valence-corrected chi connectivity index (χ2v) is 11.9. The SMILES string of the molecule is COC1=C(C(=O)O)C=C/C(=C2\CC3[C@@H](N2)[C@H](c2cccc(Cl)c2F)[C@H](C(=O)Nc2cccc(Cl)c2)N3CC2CC2)C1=N. The molecule has 2 aliphatic carbocycles. The van der Waals surface area contributed by atoms with Gasteiger partial charge in [0, 0.05) is 46.9 Å². The molecule has 4 aliphatic rings. The van der Waals surface area contributed by atoms with Gasteiger partial charge in [0.25, 0.3) is 0 Å². The Morgan fingerprint density at radius 2 is 1.95 bits per heavy atom. The fraction of sp³-hybridized carbons (Fsp3) is 0.323. The van der Waals surface area contributed by atoms with E-state index in [-0.39, 0.29) is 40.1 Å². The van der Waals surface area contributed by atoms with Gasteiger partial charge in [-0.3, -0.25) is 15.1 Å². The first kappa shape index (κ1) is 28.5. The van der Waals surface area contributed by atoms with E-state index in [1.807, 2.05) is 0 Å². The number of carboxylic acid groups (broad SMARTS) is 1. The third-order valence-electron chi connectivity index (χ3n) is 8.46. The van der Waals surface area contributed by atoms with E-state index in [1.165, 1.54) is 19.3 Å². The molecular weight excluding hydrogens is 582 g/mol. The molecule has 3 fully saturated rings. The van der Waals surface area contributed by atoms with E-state index in [0.29, 0.717) is 46.4 Å². The summed E-state index contributed by atoms with van der Waals surface area (Å²) in [7, 11) is 1.34. The number of nitrogens with zero attached hydrogens (tertiary/aromatic N) is 1. The molecule has 4 atom stereocenters. The Kier molecular flexibility index (Phi) is 7.59. The van der Waals surface area contributed by atoms with Crippen LogP contribution in [0.25, 0.3) is 0 Å². The molecule has 42 heavy (non-hydrogen) atoms. The number of carbonyl (C=O) groups is 2. The second kappa shape index (κ2) is 11.2. The Hall–Kier alpha value is -3.66. The van der Waals surface area contributed by atoms with Crippen molar-refractivity contribution in [2.24, 2.45) is 5.92 Å². The fourth-order valence-corrected chi connectivity index (χ4v) is 6.81. The minimum absolute atomic E-state index is 0.0247. The monoisotopic (exact) mass is 610 g/mol. The summed E-state index contributed by atoms with van der Waals surface area (Å²) in [5, 5.41) is 25.3. The van der Waals surface area contributed by atoms with Crippen LogP contribution in [0.4, 0.5) is 10.1 Å². The van der Waals surface area contributed by atoms with Crippen molar-refractivity contribution in [1.29, 1.82) is 5.41 Å². The summed E-state index contributed by atoms with van der Waals surface area (Å²) in [6, 6.07) is 10.5. The molecule has 2 aromatic rings. The van der Waals surface area contributed by atoms with Crippen molar-refractivity contribution >= 4 is 46.5 Å². The molecule has 2 heterocycles. The van der Waals surface area contributed by atoms with Crippen molar-refractivity contribution in [2.45, 2.75) is 43.3 Å². The second-order valence-electron chi connectivity index (χ2n) is 11.0. The third kappa shape index (κ3) is 5.10. The van der Waals surface area contributed by atoms with Crippen LogP contribution in [0.2, 0.25) is 10.0 Å². The van der Waals surface area contributed by atoms with Crippen LogP contribution in [0.15, 0.2) is 77.2 Å². The van der Waals surface area contributed by atoms with Crippen LogP contribution in [0, 0.1) is 17.1 Å². The lowest BCUT2D eigenvalue weighted by molar-refractivity contribution is -0.132. The number of nitrogens with one attached hydrogen (secondary N) is 3. The first-order chi connectivity index (χ1) is 20.2. The number of allylic oxidation sites excluding steroid dienone is 2. The van der Waals surface area contributed by atoms with Crippen molar-refractivity contribution in [3.63, 3.8) is 0 Å². The Balaban J connectivity index is 1.42. The van der Waals surface area contributed by atoms with E-state index in [2.05, 4.69) is 15.5 Å². The fourth-order valence-electron chi connectivity index (χ4n) is 6.44. The number of hydrogen-bond acceptors (Lipinski definition) is 6. The molecule has 11 heteroatoms. The number of halogens is 3. The highest BCUT2D eigenvalue weighted by atomic mass is 35.5. The average Bonchev–Trinajstić information content (AvgIpc) is 3.59. The summed E-state index contributed by atoms with van der Waals surface area (Å²) in [6.07, 6.45) is 5.59. The van der Waals surface area contributed by atoms with Crippen molar-refractivity contribution in [3.05, 3.63) is 98.6 Å². The number of benzene rings is 2. The smallest absolute Gasteiger partial charge is 0.339 e. The molecule has 1 saturated carbocycles. The topological polar surface area (TPSA) is 115 Å². The van der Waals surface area contributed by atoms with Gasteiger partial charge in [-0.25, -0.2) is 9.18 Å². The molecule has 8 nitrogen and oxygen atoms in total. The number of aliphatic carboxylic acids is 1. The standard InChI is InChI=1S/C31H29Cl2FN4O4/c1-42-29-20(31(40)41)11-10-18(26(29)35)22-13-23-27(37-22)24(19-6-3-7-21(33)25(19)34)28(38(23)14-15-8-9-15)30(39)36-17-5-2-4-16(32)12-17/h2-7,10-12,15,23-24,27-28,35,37H,8-9,13-14H2,1H3,(H,36,39)(H,40,41)/b22-18-,35-26?/t23?,24-,27+,28+/m0/s1. The highest BCUT2D eigenvalue weighted by Gasteiger charge is 2.57. The third-order valence-corrected chi connectivity index (χ3v) is 8.99. The maximum absolute atomic E-state index is 15.7. The molecule has 4 N–H and O–H groups in total. The van der Waals surface area contributed by atoms with E-state index in [0.717, 1.165) is 12.8 Å². The number of anilines is 1. The molecule has 2 aromatic carbocycles. The quantitative estimate of drug-likeness (QED) is 0.329. The molecule has 0 spiro atoms.